The van der Waals surface area contributed by atoms with Gasteiger partial charge in [-0.3, -0.25) is 9.59 Å². The van der Waals surface area contributed by atoms with Crippen molar-refractivity contribution in [2.24, 2.45) is 5.73 Å². The van der Waals surface area contributed by atoms with E-state index < -0.39 is 5.91 Å². The summed E-state index contributed by atoms with van der Waals surface area (Å²) in [5.41, 5.74) is 4.87. The molecule has 0 aromatic heterocycles. The molecule has 0 heterocycles. The van der Waals surface area contributed by atoms with E-state index in [1.165, 1.54) is 12.8 Å². The van der Waals surface area contributed by atoms with Crippen LogP contribution in [0.25, 0.3) is 0 Å². The lowest BCUT2D eigenvalue weighted by molar-refractivity contribution is -0.128. The van der Waals surface area contributed by atoms with Crippen LogP contribution in [0.15, 0.2) is 0 Å². The average molecular weight is 170 g/mol. The Bertz CT molecular complexity index is 185. The molecule has 1 rings (SSSR count). The van der Waals surface area contributed by atoms with Crippen molar-refractivity contribution in [1.29, 1.82) is 0 Å². The first-order chi connectivity index (χ1) is 5.68. The minimum Gasteiger partial charge on any atom is -0.369 e. The molecule has 4 nitrogen and oxygen atoms in total. The maximum absolute atomic E-state index is 11.0. The van der Waals surface area contributed by atoms with Crippen molar-refractivity contribution in [3.8, 4) is 0 Å². The molecule has 0 radical (unpaired) electrons. The fourth-order valence-corrected chi connectivity index (χ4v) is 1.51. The third-order valence-electron chi connectivity index (χ3n) is 2.06. The van der Waals surface area contributed by atoms with Crippen molar-refractivity contribution < 1.29 is 9.59 Å². The number of rotatable bonds is 3. The number of nitrogens with one attached hydrogen (secondary N) is 1. The molecular weight excluding hydrogens is 156 g/mol. The first kappa shape index (κ1) is 9.03. The van der Waals surface area contributed by atoms with Gasteiger partial charge >= 0.3 is 0 Å². The van der Waals surface area contributed by atoms with Crippen LogP contribution < -0.4 is 11.1 Å². The molecule has 0 atom stereocenters. The summed E-state index contributed by atoms with van der Waals surface area (Å²) in [5.74, 6) is -0.806. The van der Waals surface area contributed by atoms with Gasteiger partial charge in [0.15, 0.2) is 0 Å². The molecule has 4 heteroatoms. The smallest absolute Gasteiger partial charge is 0.229 e. The molecule has 0 bridgehead atoms. The van der Waals surface area contributed by atoms with Crippen LogP contribution in [0.1, 0.15) is 32.1 Å². The van der Waals surface area contributed by atoms with Crippen molar-refractivity contribution >= 4 is 11.8 Å². The number of carbonyl (C=O) groups is 2. The molecule has 0 aromatic rings. The maximum atomic E-state index is 11.0. The molecule has 1 aliphatic carbocycles. The summed E-state index contributed by atoms with van der Waals surface area (Å²) in [6, 6.07) is 0.275. The van der Waals surface area contributed by atoms with E-state index in [1.54, 1.807) is 0 Å². The Hall–Kier alpha value is -1.06. The number of primary amides is 1. The zero-order valence-electron chi connectivity index (χ0n) is 7.01. The van der Waals surface area contributed by atoms with Crippen LogP contribution in [0.2, 0.25) is 0 Å². The minimum atomic E-state index is -0.564. The van der Waals surface area contributed by atoms with Crippen LogP contribution in [0.3, 0.4) is 0 Å². The summed E-state index contributed by atoms with van der Waals surface area (Å²) in [6.07, 6.45) is 4.22. The van der Waals surface area contributed by atoms with Crippen molar-refractivity contribution in [3.63, 3.8) is 0 Å². The maximum Gasteiger partial charge on any atom is 0.229 e. The molecule has 0 saturated heterocycles. The van der Waals surface area contributed by atoms with Crippen LogP contribution in [0, 0.1) is 0 Å². The van der Waals surface area contributed by atoms with Gasteiger partial charge in [0.05, 0.1) is 0 Å². The van der Waals surface area contributed by atoms with Crippen LogP contribution in [0.4, 0.5) is 0 Å². The predicted molar refractivity (Wildman–Crippen MR) is 44.2 cm³/mol. The number of nitrogens with two attached hydrogens (primary N) is 1. The van der Waals surface area contributed by atoms with Gasteiger partial charge in [0, 0.05) is 6.04 Å². The minimum absolute atomic E-state index is 0.184. The lowest BCUT2D eigenvalue weighted by Crippen LogP contribution is -2.35. The van der Waals surface area contributed by atoms with Gasteiger partial charge in [-0.1, -0.05) is 12.8 Å². The SMILES string of the molecule is NC(=O)CC(=O)NC1CCCC1. The van der Waals surface area contributed by atoms with E-state index >= 15 is 0 Å². The standard InChI is InChI=1S/C8H14N2O2/c9-7(11)5-8(12)10-6-3-1-2-4-6/h6H,1-5H2,(H2,9,11)(H,10,12). The third-order valence-corrected chi connectivity index (χ3v) is 2.06. The van der Waals surface area contributed by atoms with Gasteiger partial charge in [-0.25, -0.2) is 0 Å². The fraction of sp³-hybridized carbons (Fsp3) is 0.750. The third kappa shape index (κ3) is 2.90. The normalized spacial score (nSPS) is 17.7. The van der Waals surface area contributed by atoms with Crippen LogP contribution in [0.5, 0.6) is 0 Å². The van der Waals surface area contributed by atoms with Gasteiger partial charge in [0.25, 0.3) is 0 Å². The molecule has 0 aromatic carbocycles. The highest BCUT2D eigenvalue weighted by atomic mass is 16.2. The predicted octanol–water partition coefficient (Wildman–Crippen LogP) is -0.0794. The first-order valence-electron chi connectivity index (χ1n) is 4.26. The summed E-state index contributed by atoms with van der Waals surface area (Å²) in [4.78, 5) is 21.3. The largest absolute Gasteiger partial charge is 0.369 e. The Morgan fingerprint density at radius 3 is 2.42 bits per heavy atom. The molecule has 1 aliphatic rings. The molecular formula is C8H14N2O2. The second-order valence-corrected chi connectivity index (χ2v) is 3.19. The van der Waals surface area contributed by atoms with Crippen molar-refractivity contribution in [2.45, 2.75) is 38.1 Å². The van der Waals surface area contributed by atoms with Gasteiger partial charge in [0.1, 0.15) is 6.42 Å². The molecule has 0 unspecified atom stereocenters. The molecule has 1 saturated carbocycles. The van der Waals surface area contributed by atoms with Gasteiger partial charge < -0.3 is 11.1 Å². The van der Waals surface area contributed by atoms with Crippen molar-refractivity contribution in [3.05, 3.63) is 0 Å². The van der Waals surface area contributed by atoms with Crippen molar-refractivity contribution in [2.75, 3.05) is 0 Å². The van der Waals surface area contributed by atoms with Gasteiger partial charge in [-0.2, -0.15) is 0 Å². The number of hydrogen-bond acceptors (Lipinski definition) is 2. The first-order valence-corrected chi connectivity index (χ1v) is 4.26. The second-order valence-electron chi connectivity index (χ2n) is 3.19. The topological polar surface area (TPSA) is 72.2 Å². The Kier molecular flexibility index (Phi) is 3.08. The Labute approximate surface area is 71.5 Å². The molecule has 1 fully saturated rings. The highest BCUT2D eigenvalue weighted by Crippen LogP contribution is 2.17. The monoisotopic (exact) mass is 170 g/mol. The van der Waals surface area contributed by atoms with Gasteiger partial charge in [-0.05, 0) is 12.8 Å². The fourth-order valence-electron chi connectivity index (χ4n) is 1.51. The zero-order chi connectivity index (χ0) is 8.97. The van der Waals surface area contributed by atoms with E-state index in [0.29, 0.717) is 0 Å². The van der Waals surface area contributed by atoms with Gasteiger partial charge in [0.2, 0.25) is 11.8 Å². The molecule has 0 spiro atoms. The van der Waals surface area contributed by atoms with E-state index in [4.69, 9.17) is 5.73 Å². The highest BCUT2D eigenvalue weighted by molar-refractivity contribution is 5.96. The second kappa shape index (κ2) is 4.09. The van der Waals surface area contributed by atoms with E-state index in [1.807, 2.05) is 0 Å². The van der Waals surface area contributed by atoms with Crippen LogP contribution in [-0.4, -0.2) is 17.9 Å². The molecule has 68 valence electrons. The summed E-state index contributed by atoms with van der Waals surface area (Å²) >= 11 is 0. The van der Waals surface area contributed by atoms with Crippen LogP contribution >= 0.6 is 0 Å². The molecule has 0 aliphatic heterocycles. The van der Waals surface area contributed by atoms with E-state index in [0.717, 1.165) is 12.8 Å². The summed E-state index contributed by atoms with van der Waals surface area (Å²) in [7, 11) is 0. The summed E-state index contributed by atoms with van der Waals surface area (Å²) in [6.45, 7) is 0. The van der Waals surface area contributed by atoms with E-state index in [9.17, 15) is 9.59 Å². The number of amides is 2. The quantitative estimate of drug-likeness (QED) is 0.581. The lowest BCUT2D eigenvalue weighted by Gasteiger charge is -2.10. The lowest BCUT2D eigenvalue weighted by atomic mass is 10.2. The molecule has 2 amide bonds. The van der Waals surface area contributed by atoms with E-state index in [-0.39, 0.29) is 18.4 Å². The zero-order valence-corrected chi connectivity index (χ0v) is 7.01. The molecule has 12 heavy (non-hydrogen) atoms. The summed E-state index contributed by atoms with van der Waals surface area (Å²) in [5, 5.41) is 2.77. The highest BCUT2D eigenvalue weighted by Gasteiger charge is 2.17. The summed E-state index contributed by atoms with van der Waals surface area (Å²) < 4.78 is 0. The molecule has 3 N–H and O–H groups in total. The number of carbonyl (C=O) groups excluding carboxylic acids is 2. The Morgan fingerprint density at radius 2 is 1.92 bits per heavy atom. The average Bonchev–Trinajstić information content (AvgIpc) is 2.37. The van der Waals surface area contributed by atoms with Gasteiger partial charge in [-0.15, -0.1) is 0 Å². The van der Waals surface area contributed by atoms with Crippen LogP contribution in [-0.2, 0) is 9.59 Å². The van der Waals surface area contributed by atoms with Crippen molar-refractivity contribution in [1.82, 2.24) is 5.32 Å². The van der Waals surface area contributed by atoms with E-state index in [2.05, 4.69) is 5.32 Å². The Balaban J connectivity index is 2.20. The number of hydrogen-bond donors (Lipinski definition) is 2. The Morgan fingerprint density at radius 1 is 1.33 bits per heavy atom.